The van der Waals surface area contributed by atoms with E-state index in [1.165, 1.54) is 23.5 Å². The number of nitriles is 1. The van der Waals surface area contributed by atoms with Gasteiger partial charge in [-0.15, -0.1) is 0 Å². The van der Waals surface area contributed by atoms with Gasteiger partial charge in [0, 0.05) is 17.8 Å². The first-order chi connectivity index (χ1) is 14.9. The van der Waals surface area contributed by atoms with Crippen LogP contribution in [0.15, 0.2) is 24.3 Å². The van der Waals surface area contributed by atoms with Gasteiger partial charge in [0.1, 0.15) is 11.4 Å². The Labute approximate surface area is 190 Å². The van der Waals surface area contributed by atoms with Gasteiger partial charge in [-0.25, -0.2) is 18.2 Å². The largest absolute Gasteiger partial charge is 0.444 e. The summed E-state index contributed by atoms with van der Waals surface area (Å²) >= 11 is 1.22. The van der Waals surface area contributed by atoms with Gasteiger partial charge in [-0.1, -0.05) is 23.5 Å². The number of ether oxygens (including phenoxy) is 1. The van der Waals surface area contributed by atoms with E-state index < -0.39 is 33.2 Å². The molecule has 0 aliphatic carbocycles. The summed E-state index contributed by atoms with van der Waals surface area (Å²) in [5, 5.41) is 11.7. The summed E-state index contributed by atoms with van der Waals surface area (Å²) in [6, 6.07) is 8.14. The molecule has 1 aromatic heterocycles. The Morgan fingerprint density at radius 2 is 1.97 bits per heavy atom. The van der Waals surface area contributed by atoms with E-state index in [2.05, 4.69) is 10.3 Å². The molecule has 1 aliphatic heterocycles. The lowest BCUT2D eigenvalue weighted by atomic mass is 10.2. The van der Waals surface area contributed by atoms with E-state index >= 15 is 0 Å². The Morgan fingerprint density at radius 3 is 2.59 bits per heavy atom. The van der Waals surface area contributed by atoms with Gasteiger partial charge in [-0.2, -0.15) is 5.26 Å². The first-order valence-electron chi connectivity index (χ1n) is 9.90. The highest BCUT2D eigenvalue weighted by Gasteiger charge is 2.28. The average Bonchev–Trinajstić information content (AvgIpc) is 3.07. The van der Waals surface area contributed by atoms with Crippen LogP contribution in [0, 0.1) is 11.3 Å². The number of amides is 2. The van der Waals surface area contributed by atoms with Crippen LogP contribution in [-0.2, 0) is 38.1 Å². The van der Waals surface area contributed by atoms with Crippen molar-refractivity contribution in [1.82, 2.24) is 9.88 Å². The number of carbonyl (C=O) groups excluding carboxylic acids is 2. The van der Waals surface area contributed by atoms with Crippen LogP contribution in [0.5, 0.6) is 0 Å². The topological polar surface area (TPSA) is 129 Å². The lowest BCUT2D eigenvalue weighted by Crippen LogP contribution is -2.39. The van der Waals surface area contributed by atoms with E-state index in [1.807, 2.05) is 6.07 Å². The van der Waals surface area contributed by atoms with Gasteiger partial charge in [0.25, 0.3) is 0 Å². The molecule has 1 N–H and O–H groups in total. The number of rotatable bonds is 5. The number of nitrogens with zero attached hydrogens (tertiary/aromatic N) is 3. The molecule has 170 valence electrons. The number of anilines is 1. The predicted octanol–water partition coefficient (Wildman–Crippen LogP) is 2.86. The van der Waals surface area contributed by atoms with E-state index in [0.717, 1.165) is 10.6 Å². The van der Waals surface area contributed by atoms with Gasteiger partial charge >= 0.3 is 6.09 Å². The summed E-state index contributed by atoms with van der Waals surface area (Å²) in [7, 11) is -3.70. The zero-order chi connectivity index (χ0) is 23.5. The number of hydrogen-bond acceptors (Lipinski definition) is 8. The van der Waals surface area contributed by atoms with Crippen LogP contribution >= 0.6 is 11.3 Å². The molecule has 2 heterocycles. The molecule has 0 atom stereocenters. The molecule has 0 fully saturated rings. The molecular weight excluding hydrogens is 452 g/mol. The average molecular weight is 477 g/mol. The van der Waals surface area contributed by atoms with Crippen LogP contribution in [0.1, 0.15) is 42.5 Å². The molecule has 3 rings (SSSR count). The highest BCUT2D eigenvalue weighted by molar-refractivity contribution is 7.91. The quantitative estimate of drug-likeness (QED) is 0.702. The highest BCUT2D eigenvalue weighted by atomic mass is 32.2. The third kappa shape index (κ3) is 6.51. The monoisotopic (exact) mass is 476 g/mol. The minimum atomic E-state index is -3.70. The predicted molar refractivity (Wildman–Crippen MR) is 120 cm³/mol. The molecule has 1 aliphatic rings. The van der Waals surface area contributed by atoms with Gasteiger partial charge in [-0.05, 0) is 38.5 Å². The van der Waals surface area contributed by atoms with Gasteiger partial charge in [-0.3, -0.25) is 4.79 Å². The second-order valence-electron chi connectivity index (χ2n) is 8.43. The summed E-state index contributed by atoms with van der Waals surface area (Å²) < 4.78 is 30.2. The van der Waals surface area contributed by atoms with E-state index in [-0.39, 0.29) is 5.75 Å². The zero-order valence-electron chi connectivity index (χ0n) is 18.0. The number of carbonyl (C=O) groups is 2. The van der Waals surface area contributed by atoms with Gasteiger partial charge in [0.05, 0.1) is 29.6 Å². The Morgan fingerprint density at radius 1 is 1.28 bits per heavy atom. The second kappa shape index (κ2) is 9.26. The maximum absolute atomic E-state index is 12.4. The number of nitrogens with one attached hydrogen (secondary N) is 1. The smallest absolute Gasteiger partial charge is 0.410 e. The Bertz CT molecular complexity index is 1160. The SMILES string of the molecule is CC(C)(C)OC(=O)N1CCc2nc(NC(=O)CS(=O)(=O)Cc3ccc(C#N)cc3)sc2C1. The molecule has 0 saturated carbocycles. The van der Waals surface area contributed by atoms with Crippen LogP contribution in [0.4, 0.5) is 9.93 Å². The molecule has 0 saturated heterocycles. The maximum Gasteiger partial charge on any atom is 0.410 e. The van der Waals surface area contributed by atoms with Crippen LogP contribution in [0.2, 0.25) is 0 Å². The first kappa shape index (κ1) is 23.7. The molecule has 9 nitrogen and oxygen atoms in total. The lowest BCUT2D eigenvalue weighted by Gasteiger charge is -2.29. The molecule has 11 heteroatoms. The first-order valence-corrected chi connectivity index (χ1v) is 12.5. The van der Waals surface area contributed by atoms with Crippen molar-refractivity contribution in [2.45, 2.75) is 45.1 Å². The molecular formula is C21H24N4O5S2. The van der Waals surface area contributed by atoms with Crippen molar-refractivity contribution in [1.29, 1.82) is 5.26 Å². The van der Waals surface area contributed by atoms with Crippen LogP contribution in [-0.4, -0.2) is 48.2 Å². The summed E-state index contributed by atoms with van der Waals surface area (Å²) in [5.41, 5.74) is 1.13. The van der Waals surface area contributed by atoms with Crippen LogP contribution < -0.4 is 5.32 Å². The molecule has 0 radical (unpaired) electrons. The molecule has 1 aromatic carbocycles. The van der Waals surface area contributed by atoms with Crippen molar-refractivity contribution in [3.63, 3.8) is 0 Å². The fourth-order valence-electron chi connectivity index (χ4n) is 3.07. The maximum atomic E-state index is 12.4. The highest BCUT2D eigenvalue weighted by Crippen LogP contribution is 2.29. The Hall–Kier alpha value is -2.97. The normalized spacial score (nSPS) is 13.8. The zero-order valence-corrected chi connectivity index (χ0v) is 19.7. The fraction of sp³-hybridized carbons (Fsp3) is 0.429. The molecule has 32 heavy (non-hydrogen) atoms. The lowest BCUT2D eigenvalue weighted by molar-refractivity contribution is -0.113. The van der Waals surface area contributed by atoms with Crippen LogP contribution in [0.25, 0.3) is 0 Å². The van der Waals surface area contributed by atoms with Gasteiger partial charge in [0.2, 0.25) is 5.91 Å². The van der Waals surface area contributed by atoms with Crippen LogP contribution in [0.3, 0.4) is 0 Å². The minimum Gasteiger partial charge on any atom is -0.444 e. The van der Waals surface area contributed by atoms with Gasteiger partial charge < -0.3 is 15.0 Å². The molecule has 2 amide bonds. The molecule has 2 aromatic rings. The third-order valence-corrected chi connectivity index (χ3v) is 6.92. The number of benzene rings is 1. The Kier molecular flexibility index (Phi) is 6.85. The number of fused-ring (bicyclic) bond motifs is 1. The molecule has 0 unspecified atom stereocenters. The van der Waals surface area contributed by atoms with E-state index in [9.17, 15) is 18.0 Å². The van der Waals surface area contributed by atoms with E-state index in [1.54, 1.807) is 37.8 Å². The summed E-state index contributed by atoms with van der Waals surface area (Å²) in [6.07, 6.45) is 0.119. The summed E-state index contributed by atoms with van der Waals surface area (Å²) in [5.74, 6) is -1.65. The van der Waals surface area contributed by atoms with Crippen molar-refractivity contribution in [2.24, 2.45) is 0 Å². The number of hydrogen-bond donors (Lipinski definition) is 1. The fourth-order valence-corrected chi connectivity index (χ4v) is 5.38. The van der Waals surface area contributed by atoms with Crippen molar-refractivity contribution in [2.75, 3.05) is 17.6 Å². The number of thiazole rings is 1. The molecule has 0 bridgehead atoms. The van der Waals surface area contributed by atoms with Crippen molar-refractivity contribution in [3.05, 3.63) is 46.0 Å². The van der Waals surface area contributed by atoms with E-state index in [4.69, 9.17) is 10.00 Å². The number of aromatic nitrogens is 1. The van der Waals surface area contributed by atoms with E-state index in [0.29, 0.717) is 35.8 Å². The Balaban J connectivity index is 1.58. The molecule has 0 spiro atoms. The minimum absolute atomic E-state index is 0.300. The van der Waals surface area contributed by atoms with Gasteiger partial charge in [0.15, 0.2) is 15.0 Å². The third-order valence-electron chi connectivity index (χ3n) is 4.45. The van der Waals surface area contributed by atoms with Crippen molar-refractivity contribution in [3.8, 4) is 6.07 Å². The summed E-state index contributed by atoms with van der Waals surface area (Å²) in [4.78, 5) is 31.4. The van der Waals surface area contributed by atoms with Crippen molar-refractivity contribution >= 4 is 38.3 Å². The standard InChI is InChI=1S/C21H24N4O5S2/c1-21(2,3)30-20(27)25-9-8-16-17(11-25)31-19(23-16)24-18(26)13-32(28,29)12-15-6-4-14(10-22)5-7-15/h4-7H,8-9,11-13H2,1-3H3,(H,23,24,26). The summed E-state index contributed by atoms with van der Waals surface area (Å²) in [6.45, 7) is 6.19. The number of sulfone groups is 1. The second-order valence-corrected chi connectivity index (χ2v) is 11.6. The van der Waals surface area contributed by atoms with Crippen molar-refractivity contribution < 1.29 is 22.7 Å².